The van der Waals surface area contributed by atoms with Crippen LogP contribution >= 0.6 is 12.4 Å². The molecular weight excluding hydrogens is 288 g/mol. The van der Waals surface area contributed by atoms with Crippen molar-refractivity contribution < 1.29 is 9.53 Å². The number of nitrogens with zero attached hydrogens (tertiary/aromatic N) is 1. The third kappa shape index (κ3) is 6.82. The van der Waals surface area contributed by atoms with E-state index < -0.39 is 6.10 Å². The SMILES string of the molecule is CC(Oc1ccccc1)C(=O)N(C)CCC(N)C(C)C.Cl. The van der Waals surface area contributed by atoms with Gasteiger partial charge in [-0.2, -0.15) is 0 Å². The largest absolute Gasteiger partial charge is 0.481 e. The molecule has 0 aliphatic heterocycles. The maximum Gasteiger partial charge on any atom is 0.263 e. The Morgan fingerprint density at radius 3 is 2.33 bits per heavy atom. The number of nitrogens with two attached hydrogens (primary N) is 1. The molecule has 0 heterocycles. The van der Waals surface area contributed by atoms with Gasteiger partial charge < -0.3 is 15.4 Å². The molecule has 1 aromatic carbocycles. The van der Waals surface area contributed by atoms with Crippen molar-refractivity contribution in [2.24, 2.45) is 11.7 Å². The van der Waals surface area contributed by atoms with Crippen LogP contribution in [0.4, 0.5) is 0 Å². The van der Waals surface area contributed by atoms with Crippen molar-refractivity contribution in [2.45, 2.75) is 39.3 Å². The van der Waals surface area contributed by atoms with Gasteiger partial charge in [-0.1, -0.05) is 32.0 Å². The summed E-state index contributed by atoms with van der Waals surface area (Å²) in [7, 11) is 1.79. The number of hydrogen-bond acceptors (Lipinski definition) is 3. The van der Waals surface area contributed by atoms with Crippen LogP contribution in [-0.2, 0) is 4.79 Å². The second-order valence-electron chi connectivity index (χ2n) is 5.53. The quantitative estimate of drug-likeness (QED) is 0.842. The van der Waals surface area contributed by atoms with Crippen LogP contribution in [0.1, 0.15) is 27.2 Å². The molecule has 2 atom stereocenters. The lowest BCUT2D eigenvalue weighted by molar-refractivity contribution is -0.136. The molecule has 0 spiro atoms. The maximum absolute atomic E-state index is 12.2. The Labute approximate surface area is 134 Å². The monoisotopic (exact) mass is 314 g/mol. The van der Waals surface area contributed by atoms with Crippen LogP contribution in [-0.4, -0.2) is 36.5 Å². The molecule has 120 valence electrons. The Bertz CT molecular complexity index is 412. The number of para-hydroxylation sites is 1. The summed E-state index contributed by atoms with van der Waals surface area (Å²) < 4.78 is 5.63. The first-order valence-electron chi connectivity index (χ1n) is 7.14. The lowest BCUT2D eigenvalue weighted by atomic mass is 10.0. The molecule has 0 radical (unpaired) electrons. The van der Waals surface area contributed by atoms with Crippen LogP contribution in [0, 0.1) is 5.92 Å². The molecule has 1 amide bonds. The lowest BCUT2D eigenvalue weighted by Gasteiger charge is -2.24. The Morgan fingerprint density at radius 2 is 1.81 bits per heavy atom. The number of carbonyl (C=O) groups excluding carboxylic acids is 1. The number of carbonyl (C=O) groups is 1. The minimum Gasteiger partial charge on any atom is -0.481 e. The third-order valence-electron chi connectivity index (χ3n) is 3.43. The zero-order valence-corrected chi connectivity index (χ0v) is 14.1. The van der Waals surface area contributed by atoms with E-state index in [1.807, 2.05) is 30.3 Å². The van der Waals surface area contributed by atoms with Gasteiger partial charge in [0.05, 0.1) is 0 Å². The van der Waals surface area contributed by atoms with Gasteiger partial charge in [0, 0.05) is 19.6 Å². The first-order chi connectivity index (χ1) is 9.41. The number of ether oxygens (including phenoxy) is 1. The predicted molar refractivity (Wildman–Crippen MR) is 88.8 cm³/mol. The Balaban J connectivity index is 0.00000400. The molecule has 4 nitrogen and oxygen atoms in total. The van der Waals surface area contributed by atoms with Crippen molar-refractivity contribution in [1.82, 2.24) is 4.90 Å². The molecular formula is C16H27ClN2O2. The Hall–Kier alpha value is -1.26. The summed E-state index contributed by atoms with van der Waals surface area (Å²) in [6.45, 7) is 6.61. The van der Waals surface area contributed by atoms with Crippen molar-refractivity contribution >= 4 is 18.3 Å². The smallest absolute Gasteiger partial charge is 0.263 e. The van der Waals surface area contributed by atoms with Crippen LogP contribution in [0.2, 0.25) is 0 Å². The van der Waals surface area contributed by atoms with E-state index in [1.165, 1.54) is 0 Å². The fourth-order valence-corrected chi connectivity index (χ4v) is 1.85. The number of amides is 1. The zero-order chi connectivity index (χ0) is 15.1. The average molecular weight is 315 g/mol. The minimum absolute atomic E-state index is 0. The summed E-state index contributed by atoms with van der Waals surface area (Å²) in [5.41, 5.74) is 6.00. The van der Waals surface area contributed by atoms with Crippen LogP contribution in [0.5, 0.6) is 5.75 Å². The van der Waals surface area contributed by atoms with E-state index in [2.05, 4.69) is 13.8 Å². The standard InChI is InChI=1S/C16H26N2O2.ClH/c1-12(2)15(17)10-11-18(4)16(19)13(3)20-14-8-6-5-7-9-14;/h5-9,12-13,15H,10-11,17H2,1-4H3;1H. The molecule has 0 saturated carbocycles. The number of halogens is 1. The summed E-state index contributed by atoms with van der Waals surface area (Å²) in [5, 5.41) is 0. The predicted octanol–water partition coefficient (Wildman–Crippen LogP) is 2.71. The maximum atomic E-state index is 12.2. The van der Waals surface area contributed by atoms with Crippen molar-refractivity contribution in [3.05, 3.63) is 30.3 Å². The Morgan fingerprint density at radius 1 is 1.24 bits per heavy atom. The van der Waals surface area contributed by atoms with Gasteiger partial charge in [0.25, 0.3) is 5.91 Å². The van der Waals surface area contributed by atoms with E-state index in [0.29, 0.717) is 18.2 Å². The molecule has 0 saturated heterocycles. The molecule has 1 aromatic rings. The van der Waals surface area contributed by atoms with Gasteiger partial charge in [0.2, 0.25) is 0 Å². The zero-order valence-electron chi connectivity index (χ0n) is 13.3. The van der Waals surface area contributed by atoms with Crippen molar-refractivity contribution in [3.63, 3.8) is 0 Å². The van der Waals surface area contributed by atoms with Gasteiger partial charge in [-0.15, -0.1) is 12.4 Å². The average Bonchev–Trinajstić information content (AvgIpc) is 2.44. The highest BCUT2D eigenvalue weighted by Gasteiger charge is 2.20. The fraction of sp³-hybridized carbons (Fsp3) is 0.562. The van der Waals surface area contributed by atoms with Gasteiger partial charge in [-0.05, 0) is 31.4 Å². The van der Waals surface area contributed by atoms with Crippen molar-refractivity contribution in [3.8, 4) is 5.75 Å². The second kappa shape index (κ2) is 9.64. The summed E-state index contributed by atoms with van der Waals surface area (Å²) >= 11 is 0. The summed E-state index contributed by atoms with van der Waals surface area (Å²) in [5.74, 6) is 1.11. The van der Waals surface area contributed by atoms with Gasteiger partial charge in [0.1, 0.15) is 5.75 Å². The van der Waals surface area contributed by atoms with Crippen LogP contribution in [0.25, 0.3) is 0 Å². The number of hydrogen-bond donors (Lipinski definition) is 1. The minimum atomic E-state index is -0.488. The number of benzene rings is 1. The summed E-state index contributed by atoms with van der Waals surface area (Å²) in [4.78, 5) is 13.9. The summed E-state index contributed by atoms with van der Waals surface area (Å²) in [6, 6.07) is 9.50. The first kappa shape index (κ1) is 19.7. The molecule has 0 bridgehead atoms. The molecule has 2 N–H and O–H groups in total. The van der Waals surface area contributed by atoms with Crippen LogP contribution in [0.3, 0.4) is 0 Å². The van der Waals surface area contributed by atoms with Gasteiger partial charge in [-0.3, -0.25) is 4.79 Å². The number of rotatable bonds is 7. The molecule has 0 aromatic heterocycles. The van der Waals surface area contributed by atoms with E-state index in [1.54, 1.807) is 18.9 Å². The van der Waals surface area contributed by atoms with E-state index in [4.69, 9.17) is 10.5 Å². The molecule has 2 unspecified atom stereocenters. The van der Waals surface area contributed by atoms with Gasteiger partial charge in [-0.25, -0.2) is 0 Å². The highest BCUT2D eigenvalue weighted by atomic mass is 35.5. The fourth-order valence-electron chi connectivity index (χ4n) is 1.85. The van der Waals surface area contributed by atoms with Crippen LogP contribution in [0.15, 0.2) is 30.3 Å². The van der Waals surface area contributed by atoms with Crippen molar-refractivity contribution in [1.29, 1.82) is 0 Å². The normalized spacial score (nSPS) is 13.2. The summed E-state index contributed by atoms with van der Waals surface area (Å²) in [6.07, 6.45) is 0.315. The van der Waals surface area contributed by atoms with E-state index >= 15 is 0 Å². The van der Waals surface area contributed by atoms with Crippen molar-refractivity contribution in [2.75, 3.05) is 13.6 Å². The molecule has 21 heavy (non-hydrogen) atoms. The van der Waals surface area contributed by atoms with E-state index in [0.717, 1.165) is 6.42 Å². The first-order valence-corrected chi connectivity index (χ1v) is 7.14. The molecule has 1 rings (SSSR count). The second-order valence-corrected chi connectivity index (χ2v) is 5.53. The Kier molecular flexibility index (Phi) is 9.06. The third-order valence-corrected chi connectivity index (χ3v) is 3.43. The highest BCUT2D eigenvalue weighted by molar-refractivity contribution is 5.85. The number of likely N-dealkylation sites (N-methyl/N-ethyl adjacent to an activating group) is 1. The molecule has 5 heteroatoms. The topological polar surface area (TPSA) is 55.6 Å². The van der Waals surface area contributed by atoms with E-state index in [-0.39, 0.29) is 24.4 Å². The van der Waals surface area contributed by atoms with Gasteiger partial charge in [0.15, 0.2) is 6.10 Å². The molecule has 0 aliphatic carbocycles. The van der Waals surface area contributed by atoms with E-state index in [9.17, 15) is 4.79 Å². The molecule has 0 fully saturated rings. The highest BCUT2D eigenvalue weighted by Crippen LogP contribution is 2.12. The lowest BCUT2D eigenvalue weighted by Crippen LogP contribution is -2.40. The van der Waals surface area contributed by atoms with Crippen LogP contribution < -0.4 is 10.5 Å². The van der Waals surface area contributed by atoms with Gasteiger partial charge >= 0.3 is 0 Å². The molecule has 0 aliphatic rings.